The lowest BCUT2D eigenvalue weighted by Gasteiger charge is -2.18. The normalized spacial score (nSPS) is 12.7. The molecule has 0 aliphatic heterocycles. The summed E-state index contributed by atoms with van der Waals surface area (Å²) in [5.41, 5.74) is 0. The first-order valence-electron chi connectivity index (χ1n) is 33.7. The number of esters is 3. The molecule has 0 spiro atoms. The monoisotopic (exact) mass is 1100 g/mol. The summed E-state index contributed by atoms with van der Waals surface area (Å²) in [5, 5.41) is 0. The first kappa shape index (κ1) is 75.3. The number of rotatable bonds is 61. The molecule has 6 nitrogen and oxygen atoms in total. The van der Waals surface area contributed by atoms with Crippen LogP contribution in [0.25, 0.3) is 0 Å². The fourth-order valence-corrected chi connectivity index (χ4v) is 9.60. The summed E-state index contributed by atoms with van der Waals surface area (Å²) in [6.45, 7) is 6.45. The van der Waals surface area contributed by atoms with E-state index in [2.05, 4.69) is 118 Å². The Morgan fingerprint density at radius 1 is 0.266 bits per heavy atom. The molecule has 0 saturated heterocycles. The summed E-state index contributed by atoms with van der Waals surface area (Å²) >= 11 is 0. The molecule has 0 bridgehead atoms. The van der Waals surface area contributed by atoms with Gasteiger partial charge in [-0.25, -0.2) is 0 Å². The molecule has 0 aromatic heterocycles. The minimum absolute atomic E-state index is 0.0770. The molecule has 79 heavy (non-hydrogen) atoms. The topological polar surface area (TPSA) is 78.9 Å². The van der Waals surface area contributed by atoms with Gasteiger partial charge in [0.2, 0.25) is 0 Å². The van der Waals surface area contributed by atoms with E-state index in [1.54, 1.807) is 0 Å². The lowest BCUT2D eigenvalue weighted by Crippen LogP contribution is -2.30. The van der Waals surface area contributed by atoms with Gasteiger partial charge in [0, 0.05) is 19.3 Å². The molecule has 0 heterocycles. The van der Waals surface area contributed by atoms with Crippen molar-refractivity contribution in [2.45, 2.75) is 335 Å². The summed E-state index contributed by atoms with van der Waals surface area (Å²) in [5.74, 6) is -0.871. The molecule has 6 heteroatoms. The minimum Gasteiger partial charge on any atom is -0.462 e. The van der Waals surface area contributed by atoms with Crippen molar-refractivity contribution in [3.63, 3.8) is 0 Å². The van der Waals surface area contributed by atoms with Gasteiger partial charge in [-0.15, -0.1) is 0 Å². The van der Waals surface area contributed by atoms with E-state index >= 15 is 0 Å². The van der Waals surface area contributed by atoms with E-state index in [4.69, 9.17) is 14.2 Å². The van der Waals surface area contributed by atoms with E-state index in [-0.39, 0.29) is 31.1 Å². The fourth-order valence-electron chi connectivity index (χ4n) is 9.60. The van der Waals surface area contributed by atoms with Crippen LogP contribution in [0.3, 0.4) is 0 Å². The first-order valence-corrected chi connectivity index (χ1v) is 33.7. The van der Waals surface area contributed by atoms with Crippen molar-refractivity contribution in [2.75, 3.05) is 13.2 Å². The van der Waals surface area contributed by atoms with Crippen LogP contribution in [-0.2, 0) is 28.6 Å². The van der Waals surface area contributed by atoms with Crippen molar-refractivity contribution in [1.29, 1.82) is 0 Å². The van der Waals surface area contributed by atoms with Gasteiger partial charge in [-0.3, -0.25) is 14.4 Å². The second-order valence-corrected chi connectivity index (χ2v) is 22.3. The molecule has 0 amide bonds. The van der Waals surface area contributed by atoms with Crippen LogP contribution >= 0.6 is 0 Å². The van der Waals surface area contributed by atoms with Gasteiger partial charge in [0.05, 0.1) is 0 Å². The summed E-state index contributed by atoms with van der Waals surface area (Å²) < 4.78 is 17.0. The van der Waals surface area contributed by atoms with Gasteiger partial charge in [0.15, 0.2) is 6.10 Å². The van der Waals surface area contributed by atoms with E-state index in [1.165, 1.54) is 173 Å². The number of allylic oxidation sites excluding steroid dienone is 16. The maximum Gasteiger partial charge on any atom is 0.306 e. The van der Waals surface area contributed by atoms with E-state index in [0.29, 0.717) is 19.3 Å². The highest BCUT2D eigenvalue weighted by Crippen LogP contribution is 2.17. The van der Waals surface area contributed by atoms with Crippen LogP contribution in [0.2, 0.25) is 0 Å². The molecule has 0 saturated carbocycles. The van der Waals surface area contributed by atoms with Crippen LogP contribution in [0.4, 0.5) is 0 Å². The lowest BCUT2D eigenvalue weighted by atomic mass is 10.0. The number of ether oxygens (including phenoxy) is 3. The molecule has 454 valence electrons. The molecule has 0 radical (unpaired) electrons. The number of hydrogen-bond acceptors (Lipinski definition) is 6. The Kier molecular flexibility index (Phi) is 63.7. The SMILES string of the molecule is CC/C=C\C/C=C\C/C=C\C/C=C\CCCCCCCCCCCCCCCCC(=O)OCC(COC(=O)CCCCCCCCCCCCCCC)OC(=O)CCCCCCCCCC/C=C\C/C=C\C/C=C\C/C=C\CC. The standard InChI is InChI=1S/C73H126O6/c1-4-7-10-13-16-19-22-25-27-29-31-33-34-35-36-37-38-40-41-43-45-48-51-54-57-60-63-66-72(75)78-69-70(68-77-71(74)65-62-59-56-53-50-47-24-21-18-15-12-9-6-3)79-73(76)67-64-61-58-55-52-49-46-44-42-39-32-30-28-26-23-20-17-14-11-8-5-2/h7-8,10-11,16-17,19-20,25-28,31-33,39,70H,4-6,9,12-15,18,21-24,29-30,34-38,40-69H2,1-3H3/b10-7-,11-8-,19-16-,20-17-,27-25-,28-26-,33-31-,39-32-. The molecular weight excluding hydrogens is 973 g/mol. The summed E-state index contributed by atoms with van der Waals surface area (Å²) in [6.07, 6.45) is 89.9. The number of carbonyl (C=O) groups is 3. The molecule has 0 fully saturated rings. The number of hydrogen-bond donors (Lipinski definition) is 0. The Morgan fingerprint density at radius 3 is 0.772 bits per heavy atom. The Morgan fingerprint density at radius 2 is 0.494 bits per heavy atom. The van der Waals surface area contributed by atoms with Crippen molar-refractivity contribution in [2.24, 2.45) is 0 Å². The van der Waals surface area contributed by atoms with Gasteiger partial charge < -0.3 is 14.2 Å². The third-order valence-corrected chi connectivity index (χ3v) is 14.6. The third-order valence-electron chi connectivity index (χ3n) is 14.6. The van der Waals surface area contributed by atoms with E-state index < -0.39 is 6.10 Å². The van der Waals surface area contributed by atoms with Crippen LogP contribution in [-0.4, -0.2) is 37.2 Å². The quantitative estimate of drug-likeness (QED) is 0.0261. The van der Waals surface area contributed by atoms with Crippen LogP contribution < -0.4 is 0 Å². The van der Waals surface area contributed by atoms with E-state index in [1.807, 2.05) is 0 Å². The van der Waals surface area contributed by atoms with E-state index in [0.717, 1.165) is 116 Å². The summed E-state index contributed by atoms with van der Waals surface area (Å²) in [6, 6.07) is 0. The molecule has 1 unspecified atom stereocenters. The zero-order valence-electron chi connectivity index (χ0n) is 52.1. The number of carbonyl (C=O) groups excluding carboxylic acids is 3. The van der Waals surface area contributed by atoms with Crippen LogP contribution in [0.1, 0.15) is 329 Å². The molecule has 0 aliphatic carbocycles. The van der Waals surface area contributed by atoms with Crippen LogP contribution in [0, 0.1) is 0 Å². The Hall–Kier alpha value is -3.67. The van der Waals surface area contributed by atoms with Crippen molar-refractivity contribution < 1.29 is 28.6 Å². The molecule has 0 rings (SSSR count). The Labute approximate surface area is 489 Å². The second-order valence-electron chi connectivity index (χ2n) is 22.3. The zero-order valence-corrected chi connectivity index (χ0v) is 52.1. The zero-order chi connectivity index (χ0) is 57.1. The molecule has 0 aromatic carbocycles. The molecule has 0 aliphatic rings. The van der Waals surface area contributed by atoms with Gasteiger partial charge in [0.1, 0.15) is 13.2 Å². The molecular formula is C73H126O6. The van der Waals surface area contributed by atoms with Gasteiger partial charge in [-0.2, -0.15) is 0 Å². The van der Waals surface area contributed by atoms with Gasteiger partial charge in [-0.05, 0) is 96.3 Å². The maximum atomic E-state index is 12.9. The smallest absolute Gasteiger partial charge is 0.306 e. The Balaban J connectivity index is 4.28. The van der Waals surface area contributed by atoms with Gasteiger partial charge in [-0.1, -0.05) is 311 Å². The minimum atomic E-state index is -0.782. The fraction of sp³-hybridized carbons (Fsp3) is 0.740. The first-order chi connectivity index (χ1) is 39.0. The molecule has 0 aromatic rings. The highest BCUT2D eigenvalue weighted by atomic mass is 16.6. The highest BCUT2D eigenvalue weighted by molar-refractivity contribution is 5.71. The van der Waals surface area contributed by atoms with Crippen molar-refractivity contribution >= 4 is 17.9 Å². The predicted octanol–water partition coefficient (Wildman–Crippen LogP) is 23.2. The van der Waals surface area contributed by atoms with Crippen molar-refractivity contribution in [3.05, 3.63) is 97.2 Å². The van der Waals surface area contributed by atoms with Crippen molar-refractivity contribution in [1.82, 2.24) is 0 Å². The average Bonchev–Trinajstić information content (AvgIpc) is 3.45. The van der Waals surface area contributed by atoms with Crippen LogP contribution in [0.15, 0.2) is 97.2 Å². The molecule has 0 N–H and O–H groups in total. The number of unbranched alkanes of at least 4 members (excludes halogenated alkanes) is 34. The average molecular weight is 1100 g/mol. The Bertz CT molecular complexity index is 1540. The lowest BCUT2D eigenvalue weighted by molar-refractivity contribution is -0.167. The van der Waals surface area contributed by atoms with Crippen LogP contribution in [0.5, 0.6) is 0 Å². The predicted molar refractivity (Wildman–Crippen MR) is 344 cm³/mol. The summed E-state index contributed by atoms with van der Waals surface area (Å²) in [7, 11) is 0. The highest BCUT2D eigenvalue weighted by Gasteiger charge is 2.19. The van der Waals surface area contributed by atoms with Crippen molar-refractivity contribution in [3.8, 4) is 0 Å². The third kappa shape index (κ3) is 65.0. The molecule has 1 atom stereocenters. The maximum absolute atomic E-state index is 12.9. The largest absolute Gasteiger partial charge is 0.462 e. The van der Waals surface area contributed by atoms with Gasteiger partial charge in [0.25, 0.3) is 0 Å². The van der Waals surface area contributed by atoms with Gasteiger partial charge >= 0.3 is 17.9 Å². The second kappa shape index (κ2) is 66.8. The van der Waals surface area contributed by atoms with E-state index in [9.17, 15) is 14.4 Å². The summed E-state index contributed by atoms with van der Waals surface area (Å²) in [4.78, 5) is 38.4.